The van der Waals surface area contributed by atoms with Crippen molar-refractivity contribution in [3.05, 3.63) is 59.2 Å². The molecular weight excluding hydrogens is 436 g/mol. The van der Waals surface area contributed by atoms with Crippen molar-refractivity contribution in [1.82, 2.24) is 5.16 Å². The van der Waals surface area contributed by atoms with Crippen molar-refractivity contribution in [2.24, 2.45) is 5.92 Å². The number of methoxy groups -OCH3 is 2. The van der Waals surface area contributed by atoms with Crippen LogP contribution in [0.15, 0.2) is 53.1 Å². The molecule has 1 saturated heterocycles. The molecule has 9 heteroatoms. The highest BCUT2D eigenvalue weighted by molar-refractivity contribution is 6.30. The third-order valence-corrected chi connectivity index (χ3v) is 5.44. The van der Waals surface area contributed by atoms with Crippen LogP contribution >= 0.6 is 11.6 Å². The van der Waals surface area contributed by atoms with Crippen LogP contribution in [-0.2, 0) is 20.9 Å². The SMILES string of the molecule is COc1ccc(-c2cc(COC(=O)C3CC(=O)N(c4ccc(Cl)cc4)C3)no2)cc1OC. The molecule has 2 heterocycles. The molecule has 1 aromatic heterocycles. The molecule has 166 valence electrons. The van der Waals surface area contributed by atoms with Crippen molar-refractivity contribution < 1.29 is 28.3 Å². The number of amides is 1. The monoisotopic (exact) mass is 456 g/mol. The second-order valence-electron chi connectivity index (χ2n) is 7.24. The van der Waals surface area contributed by atoms with E-state index >= 15 is 0 Å². The maximum absolute atomic E-state index is 12.5. The average molecular weight is 457 g/mol. The summed E-state index contributed by atoms with van der Waals surface area (Å²) in [4.78, 5) is 26.4. The van der Waals surface area contributed by atoms with Crippen LogP contribution in [0.5, 0.6) is 11.5 Å². The van der Waals surface area contributed by atoms with Gasteiger partial charge in [-0.05, 0) is 42.5 Å². The topological polar surface area (TPSA) is 91.1 Å². The van der Waals surface area contributed by atoms with Gasteiger partial charge in [-0.15, -0.1) is 0 Å². The highest BCUT2D eigenvalue weighted by Gasteiger charge is 2.36. The first-order valence-electron chi connectivity index (χ1n) is 9.89. The van der Waals surface area contributed by atoms with Crippen LogP contribution in [-0.4, -0.2) is 37.8 Å². The van der Waals surface area contributed by atoms with Crippen LogP contribution < -0.4 is 14.4 Å². The maximum atomic E-state index is 12.5. The average Bonchev–Trinajstić information content (AvgIpc) is 3.44. The van der Waals surface area contributed by atoms with Crippen molar-refractivity contribution in [2.45, 2.75) is 13.0 Å². The summed E-state index contributed by atoms with van der Waals surface area (Å²) in [7, 11) is 3.11. The number of halogens is 1. The van der Waals surface area contributed by atoms with E-state index in [1.165, 1.54) is 0 Å². The van der Waals surface area contributed by atoms with E-state index in [-0.39, 0.29) is 25.5 Å². The molecule has 0 N–H and O–H groups in total. The fourth-order valence-electron chi connectivity index (χ4n) is 3.50. The maximum Gasteiger partial charge on any atom is 0.311 e. The molecule has 1 amide bonds. The van der Waals surface area contributed by atoms with Gasteiger partial charge in [-0.3, -0.25) is 9.59 Å². The molecule has 1 aliphatic rings. The number of benzene rings is 2. The van der Waals surface area contributed by atoms with Gasteiger partial charge in [0.15, 0.2) is 17.3 Å². The normalized spacial score (nSPS) is 15.7. The lowest BCUT2D eigenvalue weighted by Crippen LogP contribution is -2.26. The van der Waals surface area contributed by atoms with Gasteiger partial charge in [0.2, 0.25) is 5.91 Å². The fourth-order valence-corrected chi connectivity index (χ4v) is 3.63. The predicted molar refractivity (Wildman–Crippen MR) is 117 cm³/mol. The van der Waals surface area contributed by atoms with Crippen molar-refractivity contribution in [3.63, 3.8) is 0 Å². The van der Waals surface area contributed by atoms with Crippen LogP contribution in [0.25, 0.3) is 11.3 Å². The van der Waals surface area contributed by atoms with E-state index in [1.807, 2.05) is 6.07 Å². The molecule has 1 unspecified atom stereocenters. The summed E-state index contributed by atoms with van der Waals surface area (Å²) >= 11 is 5.90. The van der Waals surface area contributed by atoms with Gasteiger partial charge in [-0.25, -0.2) is 0 Å². The van der Waals surface area contributed by atoms with Crippen LogP contribution in [0.3, 0.4) is 0 Å². The van der Waals surface area contributed by atoms with E-state index in [0.29, 0.717) is 33.7 Å². The van der Waals surface area contributed by atoms with Crippen LogP contribution in [0.4, 0.5) is 5.69 Å². The van der Waals surface area contributed by atoms with E-state index in [1.54, 1.807) is 61.6 Å². The standard InChI is InChI=1S/C23H21ClN2O6/c1-29-19-8-3-14(9-21(19)30-2)20-11-17(25-32-20)13-31-23(28)15-10-22(27)26(12-15)18-6-4-16(24)5-7-18/h3-9,11,15H,10,12-13H2,1-2H3. The highest BCUT2D eigenvalue weighted by Crippen LogP contribution is 2.33. The lowest BCUT2D eigenvalue weighted by Gasteiger charge is -2.16. The number of carbonyl (C=O) groups excluding carboxylic acids is 2. The number of rotatable bonds is 7. The Hall–Kier alpha value is -3.52. The Morgan fingerprint density at radius 1 is 1.12 bits per heavy atom. The van der Waals surface area contributed by atoms with E-state index in [4.69, 9.17) is 30.3 Å². The van der Waals surface area contributed by atoms with E-state index in [0.717, 1.165) is 5.56 Å². The first-order chi connectivity index (χ1) is 15.5. The predicted octanol–water partition coefficient (Wildman–Crippen LogP) is 4.11. The molecule has 32 heavy (non-hydrogen) atoms. The number of esters is 1. The summed E-state index contributed by atoms with van der Waals surface area (Å²) in [6, 6.07) is 13.9. The molecule has 2 aromatic carbocycles. The summed E-state index contributed by atoms with van der Waals surface area (Å²) in [5.74, 6) is 0.531. The molecule has 0 saturated carbocycles. The highest BCUT2D eigenvalue weighted by atomic mass is 35.5. The van der Waals surface area contributed by atoms with Gasteiger partial charge in [0.25, 0.3) is 0 Å². The Labute approximate surface area is 189 Å². The van der Waals surface area contributed by atoms with Gasteiger partial charge in [0, 0.05) is 35.3 Å². The zero-order chi connectivity index (χ0) is 22.7. The smallest absolute Gasteiger partial charge is 0.311 e. The fraction of sp³-hybridized carbons (Fsp3) is 0.261. The number of carbonyl (C=O) groups is 2. The number of anilines is 1. The molecule has 0 spiro atoms. The van der Waals surface area contributed by atoms with Crippen LogP contribution in [0.2, 0.25) is 5.02 Å². The summed E-state index contributed by atoms with van der Waals surface area (Å²) < 4.78 is 21.3. The van der Waals surface area contributed by atoms with E-state index in [9.17, 15) is 9.59 Å². The molecule has 3 aromatic rings. The second kappa shape index (κ2) is 9.32. The van der Waals surface area contributed by atoms with Crippen molar-refractivity contribution >= 4 is 29.2 Å². The molecule has 0 bridgehead atoms. The van der Waals surface area contributed by atoms with Gasteiger partial charge in [-0.1, -0.05) is 16.8 Å². The van der Waals surface area contributed by atoms with Gasteiger partial charge in [0.1, 0.15) is 12.3 Å². The largest absolute Gasteiger partial charge is 0.493 e. The third kappa shape index (κ3) is 4.55. The lowest BCUT2D eigenvalue weighted by molar-refractivity contribution is -0.149. The molecule has 4 rings (SSSR count). The molecule has 0 radical (unpaired) electrons. The summed E-state index contributed by atoms with van der Waals surface area (Å²) in [6.07, 6.45) is 0.0944. The number of ether oxygens (including phenoxy) is 3. The number of hydrogen-bond donors (Lipinski definition) is 0. The van der Waals surface area contributed by atoms with Crippen LogP contribution in [0.1, 0.15) is 12.1 Å². The lowest BCUT2D eigenvalue weighted by atomic mass is 10.1. The minimum absolute atomic E-state index is 0.0543. The molecule has 0 aliphatic carbocycles. The number of nitrogens with zero attached hydrogens (tertiary/aromatic N) is 2. The summed E-state index contributed by atoms with van der Waals surface area (Å²) in [6.45, 7) is 0.205. The van der Waals surface area contributed by atoms with Crippen molar-refractivity contribution in [3.8, 4) is 22.8 Å². The zero-order valence-corrected chi connectivity index (χ0v) is 18.3. The molecule has 1 fully saturated rings. The Morgan fingerprint density at radius 2 is 1.88 bits per heavy atom. The molecule has 1 aliphatic heterocycles. The van der Waals surface area contributed by atoms with Crippen molar-refractivity contribution in [1.29, 1.82) is 0 Å². The van der Waals surface area contributed by atoms with Gasteiger partial charge >= 0.3 is 5.97 Å². The third-order valence-electron chi connectivity index (χ3n) is 5.19. The summed E-state index contributed by atoms with van der Waals surface area (Å²) in [5.41, 5.74) is 1.90. The zero-order valence-electron chi connectivity index (χ0n) is 17.5. The Morgan fingerprint density at radius 3 is 2.59 bits per heavy atom. The number of aromatic nitrogens is 1. The molecule has 8 nitrogen and oxygen atoms in total. The minimum Gasteiger partial charge on any atom is -0.493 e. The van der Waals surface area contributed by atoms with Gasteiger partial charge < -0.3 is 23.6 Å². The van der Waals surface area contributed by atoms with Crippen LogP contribution in [0, 0.1) is 5.92 Å². The quantitative estimate of drug-likeness (QED) is 0.494. The Kier molecular flexibility index (Phi) is 6.32. The molecular formula is C23H21ClN2O6. The summed E-state index contributed by atoms with van der Waals surface area (Å²) in [5, 5.41) is 4.54. The van der Waals surface area contributed by atoms with Gasteiger partial charge in [0.05, 0.1) is 20.1 Å². The Bertz CT molecular complexity index is 1130. The minimum atomic E-state index is -0.546. The molecule has 1 atom stereocenters. The second-order valence-corrected chi connectivity index (χ2v) is 7.68. The van der Waals surface area contributed by atoms with E-state index < -0.39 is 11.9 Å². The Balaban J connectivity index is 1.36. The van der Waals surface area contributed by atoms with E-state index in [2.05, 4.69) is 5.16 Å². The van der Waals surface area contributed by atoms with Crippen molar-refractivity contribution in [2.75, 3.05) is 25.7 Å². The first-order valence-corrected chi connectivity index (χ1v) is 10.3. The van der Waals surface area contributed by atoms with Gasteiger partial charge in [-0.2, -0.15) is 0 Å². The number of hydrogen-bond acceptors (Lipinski definition) is 7. The first kappa shape index (κ1) is 21.7.